The number of rotatable bonds is 5. The van der Waals surface area contributed by atoms with Crippen molar-refractivity contribution in [2.24, 2.45) is 0 Å². The van der Waals surface area contributed by atoms with Crippen LogP contribution in [0.2, 0.25) is 0 Å². The molecule has 31 heavy (non-hydrogen) atoms. The SMILES string of the molecule is CCNC(=O)N1C2CCC1CN(c1ccnc(Nc3cnc(C(=O)NC)c(C)c3)n1)C2. The van der Waals surface area contributed by atoms with Gasteiger partial charge in [0.15, 0.2) is 0 Å². The number of aromatic nitrogens is 3. The Bertz CT molecular complexity index is 968. The van der Waals surface area contributed by atoms with Gasteiger partial charge in [0.1, 0.15) is 11.5 Å². The van der Waals surface area contributed by atoms with E-state index in [9.17, 15) is 9.59 Å². The maximum Gasteiger partial charge on any atom is 0.318 e. The van der Waals surface area contributed by atoms with Gasteiger partial charge in [-0.05, 0) is 44.4 Å². The van der Waals surface area contributed by atoms with Gasteiger partial charge in [0.25, 0.3) is 5.91 Å². The van der Waals surface area contributed by atoms with Crippen LogP contribution in [0.5, 0.6) is 0 Å². The molecule has 10 nitrogen and oxygen atoms in total. The number of hydrogen-bond acceptors (Lipinski definition) is 7. The Hall–Kier alpha value is -3.43. The summed E-state index contributed by atoms with van der Waals surface area (Å²) in [4.78, 5) is 41.7. The fourth-order valence-electron chi connectivity index (χ4n) is 4.38. The van der Waals surface area contributed by atoms with E-state index in [0.29, 0.717) is 23.9 Å². The van der Waals surface area contributed by atoms with Crippen LogP contribution in [0.25, 0.3) is 0 Å². The number of anilines is 3. The van der Waals surface area contributed by atoms with Crippen LogP contribution < -0.4 is 20.9 Å². The summed E-state index contributed by atoms with van der Waals surface area (Å²) in [6.07, 6.45) is 5.34. The normalized spacial score (nSPS) is 19.8. The maximum atomic E-state index is 12.4. The van der Waals surface area contributed by atoms with Crippen molar-refractivity contribution < 1.29 is 9.59 Å². The fraction of sp³-hybridized carbons (Fsp3) is 0.476. The molecule has 4 rings (SSSR count). The van der Waals surface area contributed by atoms with Crippen molar-refractivity contribution in [1.82, 2.24) is 30.5 Å². The Kier molecular flexibility index (Phi) is 5.88. The van der Waals surface area contributed by atoms with Gasteiger partial charge in [-0.15, -0.1) is 0 Å². The molecule has 10 heteroatoms. The molecule has 2 aromatic rings. The summed E-state index contributed by atoms with van der Waals surface area (Å²) in [7, 11) is 1.58. The fourth-order valence-corrected chi connectivity index (χ4v) is 4.38. The topological polar surface area (TPSA) is 115 Å². The standard InChI is InChI=1S/C21H28N8O2/c1-4-23-21(31)29-15-5-6-16(29)12-28(11-15)17-7-8-24-20(27-17)26-14-9-13(2)18(25-10-14)19(30)22-3/h7-10,15-16H,4-6,11-12H2,1-3H3,(H,22,30)(H,23,31)(H,24,26,27). The van der Waals surface area contributed by atoms with Gasteiger partial charge in [-0.1, -0.05) is 0 Å². The highest BCUT2D eigenvalue weighted by atomic mass is 16.2. The van der Waals surface area contributed by atoms with Gasteiger partial charge >= 0.3 is 6.03 Å². The van der Waals surface area contributed by atoms with Crippen molar-refractivity contribution in [1.29, 1.82) is 0 Å². The monoisotopic (exact) mass is 424 g/mol. The molecule has 0 aliphatic carbocycles. The molecule has 3 amide bonds. The highest BCUT2D eigenvalue weighted by Gasteiger charge is 2.42. The van der Waals surface area contributed by atoms with Gasteiger partial charge in [-0.25, -0.2) is 14.8 Å². The lowest BCUT2D eigenvalue weighted by atomic mass is 10.2. The summed E-state index contributed by atoms with van der Waals surface area (Å²) in [5, 5.41) is 8.68. The number of amides is 3. The molecule has 164 valence electrons. The minimum Gasteiger partial charge on any atom is -0.354 e. The highest BCUT2D eigenvalue weighted by molar-refractivity contribution is 5.93. The minimum absolute atomic E-state index is 0.0303. The predicted octanol–water partition coefficient (Wildman–Crippen LogP) is 1.67. The molecule has 0 radical (unpaired) electrons. The van der Waals surface area contributed by atoms with Crippen molar-refractivity contribution in [3.8, 4) is 0 Å². The number of hydrogen-bond donors (Lipinski definition) is 3. The minimum atomic E-state index is -0.219. The predicted molar refractivity (Wildman–Crippen MR) is 118 cm³/mol. The molecule has 0 saturated carbocycles. The van der Waals surface area contributed by atoms with E-state index in [4.69, 9.17) is 0 Å². The van der Waals surface area contributed by atoms with Gasteiger partial charge in [0, 0.05) is 32.9 Å². The van der Waals surface area contributed by atoms with E-state index in [1.54, 1.807) is 19.4 Å². The molecule has 2 unspecified atom stereocenters. The molecular weight excluding hydrogens is 396 g/mol. The summed E-state index contributed by atoms with van der Waals surface area (Å²) >= 11 is 0. The van der Waals surface area contributed by atoms with Crippen LogP contribution in [0.1, 0.15) is 35.8 Å². The number of nitrogens with one attached hydrogen (secondary N) is 3. The maximum absolute atomic E-state index is 12.4. The second-order valence-corrected chi connectivity index (χ2v) is 7.86. The van der Waals surface area contributed by atoms with Gasteiger partial charge in [0.05, 0.1) is 24.0 Å². The van der Waals surface area contributed by atoms with Crippen molar-refractivity contribution in [2.75, 3.05) is 36.9 Å². The smallest absolute Gasteiger partial charge is 0.318 e. The number of piperazine rings is 1. The number of urea groups is 1. The van der Waals surface area contributed by atoms with Crippen molar-refractivity contribution in [3.63, 3.8) is 0 Å². The average Bonchev–Trinajstić information content (AvgIpc) is 3.03. The summed E-state index contributed by atoms with van der Waals surface area (Å²) in [5.41, 5.74) is 1.87. The Balaban J connectivity index is 1.47. The number of pyridine rings is 1. The van der Waals surface area contributed by atoms with Crippen molar-refractivity contribution in [3.05, 3.63) is 35.8 Å². The lowest BCUT2D eigenvalue weighted by Gasteiger charge is -2.41. The van der Waals surface area contributed by atoms with Crippen LogP contribution in [-0.2, 0) is 0 Å². The highest BCUT2D eigenvalue weighted by Crippen LogP contribution is 2.32. The van der Waals surface area contributed by atoms with Crippen molar-refractivity contribution in [2.45, 2.75) is 38.8 Å². The van der Waals surface area contributed by atoms with Gasteiger partial charge in [-0.2, -0.15) is 4.98 Å². The van der Waals surface area contributed by atoms with E-state index < -0.39 is 0 Å². The average molecular weight is 425 g/mol. The zero-order valence-electron chi connectivity index (χ0n) is 18.1. The quantitative estimate of drug-likeness (QED) is 0.669. The first kappa shape index (κ1) is 20.8. The number of nitrogens with zero attached hydrogens (tertiary/aromatic N) is 5. The molecular formula is C21H28N8O2. The molecule has 2 saturated heterocycles. The van der Waals surface area contributed by atoms with E-state index in [1.807, 2.05) is 30.9 Å². The summed E-state index contributed by atoms with van der Waals surface area (Å²) < 4.78 is 0. The van der Waals surface area contributed by atoms with Crippen LogP contribution >= 0.6 is 0 Å². The number of carbonyl (C=O) groups excluding carboxylic acids is 2. The first-order chi connectivity index (χ1) is 15.0. The van der Waals surface area contributed by atoms with E-state index in [-0.39, 0.29) is 24.0 Å². The second kappa shape index (κ2) is 8.75. The lowest BCUT2D eigenvalue weighted by Crippen LogP contribution is -2.58. The molecule has 3 N–H and O–H groups in total. The first-order valence-electron chi connectivity index (χ1n) is 10.6. The van der Waals surface area contributed by atoms with E-state index >= 15 is 0 Å². The summed E-state index contributed by atoms with van der Waals surface area (Å²) in [6.45, 7) is 5.92. The lowest BCUT2D eigenvalue weighted by molar-refractivity contribution is 0.0957. The molecule has 2 aliphatic heterocycles. The van der Waals surface area contributed by atoms with Crippen LogP contribution in [-0.4, -0.2) is 70.6 Å². The third-order valence-electron chi connectivity index (χ3n) is 5.79. The third-order valence-corrected chi connectivity index (χ3v) is 5.79. The van der Waals surface area contributed by atoms with Crippen LogP contribution in [0.3, 0.4) is 0 Å². The Morgan fingerprint density at radius 2 is 1.94 bits per heavy atom. The first-order valence-corrected chi connectivity index (χ1v) is 10.6. The Morgan fingerprint density at radius 1 is 1.19 bits per heavy atom. The number of carbonyl (C=O) groups is 2. The Labute approximate surface area is 181 Å². The van der Waals surface area contributed by atoms with E-state index in [0.717, 1.165) is 37.3 Å². The zero-order chi connectivity index (χ0) is 22.0. The van der Waals surface area contributed by atoms with Gasteiger partial charge < -0.3 is 25.8 Å². The zero-order valence-corrected chi connectivity index (χ0v) is 18.1. The van der Waals surface area contributed by atoms with Gasteiger partial charge in [-0.3, -0.25) is 4.79 Å². The number of fused-ring (bicyclic) bond motifs is 2. The molecule has 2 bridgehead atoms. The largest absolute Gasteiger partial charge is 0.354 e. The molecule has 2 aliphatic rings. The molecule has 4 heterocycles. The second-order valence-electron chi connectivity index (χ2n) is 7.86. The van der Waals surface area contributed by atoms with Crippen molar-refractivity contribution >= 4 is 29.4 Å². The molecule has 2 fully saturated rings. The molecule has 2 atom stereocenters. The van der Waals surface area contributed by atoms with E-state index in [2.05, 4.69) is 35.8 Å². The van der Waals surface area contributed by atoms with E-state index in [1.165, 1.54) is 0 Å². The van der Waals surface area contributed by atoms with Crippen LogP contribution in [0.4, 0.5) is 22.2 Å². The molecule has 2 aromatic heterocycles. The molecule has 0 aromatic carbocycles. The number of aryl methyl sites for hydroxylation is 1. The summed E-state index contributed by atoms with van der Waals surface area (Å²) in [6, 6.07) is 4.16. The third kappa shape index (κ3) is 4.23. The summed E-state index contributed by atoms with van der Waals surface area (Å²) in [5.74, 6) is 1.07. The van der Waals surface area contributed by atoms with Crippen LogP contribution in [0, 0.1) is 6.92 Å². The molecule has 0 spiro atoms. The Morgan fingerprint density at radius 3 is 2.58 bits per heavy atom. The van der Waals surface area contributed by atoms with Gasteiger partial charge in [0.2, 0.25) is 5.95 Å². The van der Waals surface area contributed by atoms with Crippen LogP contribution in [0.15, 0.2) is 24.5 Å².